The van der Waals surface area contributed by atoms with E-state index >= 15 is 0 Å². The lowest BCUT2D eigenvalue weighted by molar-refractivity contribution is 0.0694. The average Bonchev–Trinajstić information content (AvgIpc) is 2.37. The van der Waals surface area contributed by atoms with Crippen molar-refractivity contribution in [3.8, 4) is 0 Å². The van der Waals surface area contributed by atoms with Crippen molar-refractivity contribution in [2.75, 3.05) is 17.8 Å². The van der Waals surface area contributed by atoms with Crippen LogP contribution in [0.4, 0.5) is 0 Å². The summed E-state index contributed by atoms with van der Waals surface area (Å²) < 4.78 is 27.8. The maximum absolute atomic E-state index is 11.3. The van der Waals surface area contributed by atoms with Crippen LogP contribution in [-0.2, 0) is 14.3 Å². The third kappa shape index (κ3) is 3.91. The Balaban J connectivity index is 2.35. The second-order valence-electron chi connectivity index (χ2n) is 4.41. The van der Waals surface area contributed by atoms with Gasteiger partial charge < -0.3 is 5.11 Å². The van der Waals surface area contributed by atoms with Gasteiger partial charge in [-0.2, -0.15) is 8.42 Å². The molecule has 1 aromatic carbocycles. The maximum atomic E-state index is 11.3. The molecule has 1 aliphatic rings. The van der Waals surface area contributed by atoms with Crippen molar-refractivity contribution >= 4 is 37.7 Å². The van der Waals surface area contributed by atoms with Crippen molar-refractivity contribution < 1.29 is 22.5 Å². The third-order valence-electron chi connectivity index (χ3n) is 2.90. The van der Waals surface area contributed by atoms with Gasteiger partial charge in [0.1, 0.15) is 0 Å². The highest BCUT2D eigenvalue weighted by Gasteiger charge is 2.33. The van der Waals surface area contributed by atoms with E-state index in [4.69, 9.17) is 4.18 Å². The first-order chi connectivity index (χ1) is 9.38. The Morgan fingerprint density at radius 3 is 2.60 bits per heavy atom. The van der Waals surface area contributed by atoms with Crippen LogP contribution in [0.25, 0.3) is 0 Å². The van der Waals surface area contributed by atoms with Crippen molar-refractivity contribution in [3.05, 3.63) is 35.4 Å². The fraction of sp³-hybridized carbons (Fsp3) is 0.417. The van der Waals surface area contributed by atoms with Gasteiger partial charge in [0.2, 0.25) is 0 Å². The highest BCUT2D eigenvalue weighted by Crippen LogP contribution is 2.41. The summed E-state index contributed by atoms with van der Waals surface area (Å²) in [7, 11) is -0.435. The van der Waals surface area contributed by atoms with E-state index in [1.54, 1.807) is 29.0 Å². The molecule has 1 saturated heterocycles. The van der Waals surface area contributed by atoms with E-state index in [0.717, 1.165) is 6.26 Å². The molecule has 8 heteroatoms. The summed E-state index contributed by atoms with van der Waals surface area (Å²) in [5, 5.41) is 9.24. The third-order valence-corrected chi connectivity index (χ3v) is 5.94. The fourth-order valence-corrected chi connectivity index (χ4v) is 5.41. The minimum Gasteiger partial charge on any atom is -0.478 e. The van der Waals surface area contributed by atoms with Crippen LogP contribution in [0, 0.1) is 0 Å². The summed E-state index contributed by atoms with van der Waals surface area (Å²) in [5.41, 5.74) is 0.827. The van der Waals surface area contributed by atoms with E-state index < -0.39 is 22.2 Å². The predicted molar refractivity (Wildman–Crippen MR) is 80.8 cm³/mol. The van der Waals surface area contributed by atoms with Gasteiger partial charge in [-0.25, -0.2) is 4.79 Å². The highest BCUT2D eigenvalue weighted by atomic mass is 33.1. The van der Waals surface area contributed by atoms with Gasteiger partial charge in [0.05, 0.1) is 17.9 Å². The van der Waals surface area contributed by atoms with Crippen LogP contribution in [0.2, 0.25) is 0 Å². The summed E-state index contributed by atoms with van der Waals surface area (Å²) in [6.45, 7) is 0. The molecule has 0 aromatic heterocycles. The molecule has 1 fully saturated rings. The van der Waals surface area contributed by atoms with E-state index in [2.05, 4.69) is 0 Å². The van der Waals surface area contributed by atoms with Crippen LogP contribution in [0.5, 0.6) is 0 Å². The Labute approximate surface area is 125 Å². The van der Waals surface area contributed by atoms with E-state index in [1.165, 1.54) is 16.9 Å². The summed E-state index contributed by atoms with van der Waals surface area (Å²) in [6.07, 6.45) is 0.483. The zero-order valence-electron chi connectivity index (χ0n) is 10.7. The van der Waals surface area contributed by atoms with Gasteiger partial charge in [-0.05, 0) is 11.6 Å². The van der Waals surface area contributed by atoms with Crippen molar-refractivity contribution in [2.24, 2.45) is 0 Å². The van der Waals surface area contributed by atoms with Gasteiger partial charge in [0, 0.05) is 17.4 Å². The van der Waals surface area contributed by atoms with E-state index in [0.29, 0.717) is 17.1 Å². The molecule has 0 radical (unpaired) electrons. The molecular formula is C12H14O5S3. The molecule has 0 spiro atoms. The molecule has 0 aliphatic carbocycles. The Morgan fingerprint density at radius 2 is 1.95 bits per heavy atom. The lowest BCUT2D eigenvalue weighted by atomic mass is 9.91. The molecule has 1 N–H and O–H groups in total. The summed E-state index contributed by atoms with van der Waals surface area (Å²) in [4.78, 5) is 11.3. The first kappa shape index (κ1) is 15.7. The number of rotatable bonds is 4. The molecule has 20 heavy (non-hydrogen) atoms. The molecule has 0 saturated carbocycles. The molecule has 1 aromatic rings. The van der Waals surface area contributed by atoms with E-state index in [-0.39, 0.29) is 11.5 Å². The highest BCUT2D eigenvalue weighted by molar-refractivity contribution is 8.76. The van der Waals surface area contributed by atoms with Crippen molar-refractivity contribution in [3.63, 3.8) is 0 Å². The largest absolute Gasteiger partial charge is 0.478 e. The van der Waals surface area contributed by atoms with Crippen LogP contribution in [0.15, 0.2) is 24.3 Å². The number of carbonyl (C=O) groups is 1. The van der Waals surface area contributed by atoms with Gasteiger partial charge in [-0.15, -0.1) is 0 Å². The lowest BCUT2D eigenvalue weighted by Crippen LogP contribution is -2.32. The molecular weight excluding hydrogens is 320 g/mol. The van der Waals surface area contributed by atoms with Gasteiger partial charge >= 0.3 is 5.97 Å². The topological polar surface area (TPSA) is 80.7 Å². The molecule has 2 atom stereocenters. The predicted octanol–water partition coefficient (Wildman–Crippen LogP) is 2.21. The minimum absolute atomic E-state index is 0.201. The smallest absolute Gasteiger partial charge is 0.335 e. The minimum atomic E-state index is -3.57. The van der Waals surface area contributed by atoms with Crippen LogP contribution >= 0.6 is 21.6 Å². The number of aromatic carboxylic acids is 1. The van der Waals surface area contributed by atoms with E-state index in [1.807, 2.05) is 0 Å². The van der Waals surface area contributed by atoms with Crippen molar-refractivity contribution in [1.82, 2.24) is 0 Å². The summed E-state index contributed by atoms with van der Waals surface area (Å²) >= 11 is 0. The standard InChI is InChI=1S/C12H14O5S3/c1-20(15,16)17-11-7-19-18-6-10(11)8-4-2-3-5-9(8)12(13)14/h2-5,10-11H,6-7H2,1H3,(H,13,14)/t10-,11+/m0/s1. The molecule has 0 bridgehead atoms. The molecule has 2 rings (SSSR count). The van der Waals surface area contributed by atoms with Crippen LogP contribution in [0.3, 0.4) is 0 Å². The van der Waals surface area contributed by atoms with Crippen LogP contribution in [0.1, 0.15) is 21.8 Å². The molecule has 1 aliphatic heterocycles. The quantitative estimate of drug-likeness (QED) is 0.668. The Bertz CT molecular complexity index is 599. The van der Waals surface area contributed by atoms with Gasteiger partial charge in [0.25, 0.3) is 10.1 Å². The molecule has 0 amide bonds. The lowest BCUT2D eigenvalue weighted by Gasteiger charge is -2.30. The van der Waals surface area contributed by atoms with Crippen LogP contribution in [-0.4, -0.2) is 43.4 Å². The van der Waals surface area contributed by atoms with Gasteiger partial charge in [0.15, 0.2) is 0 Å². The molecule has 110 valence electrons. The molecule has 1 heterocycles. The first-order valence-electron chi connectivity index (χ1n) is 5.83. The zero-order valence-corrected chi connectivity index (χ0v) is 13.1. The molecule has 0 unspecified atom stereocenters. The fourth-order valence-electron chi connectivity index (χ4n) is 2.08. The van der Waals surface area contributed by atoms with Crippen molar-refractivity contribution in [1.29, 1.82) is 0 Å². The number of hydrogen-bond acceptors (Lipinski definition) is 6. The zero-order chi connectivity index (χ0) is 14.8. The number of benzene rings is 1. The number of hydrogen-bond donors (Lipinski definition) is 1. The van der Waals surface area contributed by atoms with Gasteiger partial charge in [-0.3, -0.25) is 4.18 Å². The summed E-state index contributed by atoms with van der Waals surface area (Å²) in [5.74, 6) is -0.129. The average molecular weight is 334 g/mol. The van der Waals surface area contributed by atoms with Gasteiger partial charge in [-0.1, -0.05) is 39.8 Å². The van der Waals surface area contributed by atoms with Crippen LogP contribution < -0.4 is 0 Å². The maximum Gasteiger partial charge on any atom is 0.335 e. The summed E-state index contributed by atoms with van der Waals surface area (Å²) in [6, 6.07) is 6.67. The Morgan fingerprint density at radius 1 is 1.30 bits per heavy atom. The second kappa shape index (κ2) is 6.38. The normalized spacial score (nSPS) is 23.4. The Hall–Kier alpha value is -0.700. The SMILES string of the molecule is CS(=O)(=O)O[C@@H]1CSSC[C@H]1c1ccccc1C(=O)O. The van der Waals surface area contributed by atoms with E-state index in [9.17, 15) is 18.3 Å². The first-order valence-corrected chi connectivity index (χ1v) is 10.1. The second-order valence-corrected chi connectivity index (χ2v) is 8.56. The monoisotopic (exact) mass is 334 g/mol. The van der Waals surface area contributed by atoms with Crippen molar-refractivity contribution in [2.45, 2.75) is 12.0 Å². The number of carboxylic acid groups (broad SMARTS) is 1. The molecule has 5 nitrogen and oxygen atoms in total. The number of carboxylic acids is 1. The Kier molecular flexibility index (Phi) is 5.00.